The molecule has 6 rings (SSSR count). The number of ether oxygens (including phenoxy) is 2. The lowest BCUT2D eigenvalue weighted by molar-refractivity contribution is -0.122. The van der Waals surface area contributed by atoms with E-state index in [1.807, 2.05) is 0 Å². The average Bonchev–Trinajstić information content (AvgIpc) is 3.48. The van der Waals surface area contributed by atoms with Crippen LogP contribution in [0.5, 0.6) is 11.5 Å². The van der Waals surface area contributed by atoms with Crippen molar-refractivity contribution in [2.75, 3.05) is 23.4 Å². The molecule has 9 nitrogen and oxygen atoms in total. The maximum absolute atomic E-state index is 13.9. The standard InChI is InChI=1S/C30H23ClFN3O6S2/c1-2-40-21-13-15(3-12-20(21)41-14-22(36)33-18-8-6-17(32)7-9-18)23-24-26(42-27-25(23)43-30(39)34-27)29(38)35(28(24)37)19-10-4-16(31)5-11-19/h3-13,23-24,26H,2,14H2,1H3,(H,33,36)(H,34,39). The Hall–Kier alpha value is -4.13. The Bertz CT molecular complexity index is 1780. The fraction of sp³-hybridized carbons (Fsp3) is 0.200. The second kappa shape index (κ2) is 11.9. The average molecular weight is 640 g/mol. The summed E-state index contributed by atoms with van der Waals surface area (Å²) in [6, 6.07) is 16.9. The van der Waals surface area contributed by atoms with E-state index in [1.54, 1.807) is 49.4 Å². The summed E-state index contributed by atoms with van der Waals surface area (Å²) in [6.45, 7) is 1.75. The fourth-order valence-corrected chi connectivity index (χ4v) is 7.84. The minimum Gasteiger partial charge on any atom is -0.490 e. The summed E-state index contributed by atoms with van der Waals surface area (Å²) in [5.74, 6) is -2.40. The lowest BCUT2D eigenvalue weighted by Crippen LogP contribution is -2.32. The first-order valence-electron chi connectivity index (χ1n) is 13.2. The molecule has 3 amide bonds. The lowest BCUT2D eigenvalue weighted by atomic mass is 9.83. The van der Waals surface area contributed by atoms with Gasteiger partial charge in [0.25, 0.3) is 5.91 Å². The molecule has 1 aromatic heterocycles. The maximum Gasteiger partial charge on any atom is 0.305 e. The van der Waals surface area contributed by atoms with E-state index in [2.05, 4.69) is 10.3 Å². The van der Waals surface area contributed by atoms with Crippen molar-refractivity contribution in [3.05, 3.63) is 97.7 Å². The number of thioether (sulfide) groups is 1. The topological polar surface area (TPSA) is 118 Å². The number of hydrogen-bond acceptors (Lipinski definition) is 8. The van der Waals surface area contributed by atoms with E-state index in [0.29, 0.717) is 50.0 Å². The lowest BCUT2D eigenvalue weighted by Gasteiger charge is -2.30. The minimum atomic E-state index is -0.783. The number of rotatable bonds is 8. The van der Waals surface area contributed by atoms with E-state index in [-0.39, 0.29) is 23.3 Å². The minimum absolute atomic E-state index is 0.283. The highest BCUT2D eigenvalue weighted by Crippen LogP contribution is 2.53. The van der Waals surface area contributed by atoms with Crippen LogP contribution < -0.4 is 24.6 Å². The van der Waals surface area contributed by atoms with Crippen LogP contribution in [0.1, 0.15) is 23.3 Å². The van der Waals surface area contributed by atoms with Crippen LogP contribution in [0.4, 0.5) is 15.8 Å². The van der Waals surface area contributed by atoms with Crippen molar-refractivity contribution in [1.29, 1.82) is 0 Å². The van der Waals surface area contributed by atoms with Crippen molar-refractivity contribution in [3.8, 4) is 11.5 Å². The number of aromatic amines is 1. The molecule has 13 heteroatoms. The zero-order valence-electron chi connectivity index (χ0n) is 22.5. The Morgan fingerprint density at radius 2 is 1.74 bits per heavy atom. The van der Waals surface area contributed by atoms with Crippen molar-refractivity contribution in [2.45, 2.75) is 23.1 Å². The van der Waals surface area contributed by atoms with Gasteiger partial charge in [-0.2, -0.15) is 0 Å². The maximum atomic E-state index is 13.9. The predicted octanol–water partition coefficient (Wildman–Crippen LogP) is 5.44. The van der Waals surface area contributed by atoms with Crippen LogP contribution in [-0.4, -0.2) is 41.2 Å². The molecule has 2 aliphatic rings. The van der Waals surface area contributed by atoms with Crippen LogP contribution in [-0.2, 0) is 14.4 Å². The Balaban J connectivity index is 1.31. The zero-order chi connectivity index (χ0) is 30.2. The molecule has 3 aromatic carbocycles. The van der Waals surface area contributed by atoms with Gasteiger partial charge in [-0.05, 0) is 73.2 Å². The van der Waals surface area contributed by atoms with Gasteiger partial charge in [-0.15, -0.1) is 0 Å². The van der Waals surface area contributed by atoms with Gasteiger partial charge in [0.1, 0.15) is 11.1 Å². The molecule has 0 aliphatic carbocycles. The number of anilines is 2. The highest BCUT2D eigenvalue weighted by molar-refractivity contribution is 8.00. The van der Waals surface area contributed by atoms with E-state index in [4.69, 9.17) is 21.1 Å². The third-order valence-electron chi connectivity index (χ3n) is 7.02. The Morgan fingerprint density at radius 3 is 2.47 bits per heavy atom. The fourth-order valence-electron chi connectivity index (χ4n) is 5.20. The van der Waals surface area contributed by atoms with Crippen LogP contribution >= 0.6 is 34.7 Å². The molecule has 2 aliphatic heterocycles. The van der Waals surface area contributed by atoms with Crippen molar-refractivity contribution in [3.63, 3.8) is 0 Å². The summed E-state index contributed by atoms with van der Waals surface area (Å²) in [5.41, 5.74) is 1.49. The number of benzene rings is 3. The number of H-pyrrole nitrogens is 1. The normalized spacial score (nSPS) is 19.1. The summed E-state index contributed by atoms with van der Waals surface area (Å²) in [4.78, 5) is 56.8. The van der Waals surface area contributed by atoms with Crippen LogP contribution in [0.25, 0.3) is 0 Å². The molecule has 0 saturated carbocycles. The molecule has 220 valence electrons. The molecule has 3 heterocycles. The molecule has 0 spiro atoms. The van der Waals surface area contributed by atoms with Crippen LogP contribution in [0.2, 0.25) is 5.02 Å². The van der Waals surface area contributed by atoms with Gasteiger partial charge in [0, 0.05) is 21.5 Å². The summed E-state index contributed by atoms with van der Waals surface area (Å²) in [5, 5.41) is 2.91. The van der Waals surface area contributed by atoms with Crippen LogP contribution in [0, 0.1) is 11.7 Å². The van der Waals surface area contributed by atoms with Crippen molar-refractivity contribution < 1.29 is 28.2 Å². The first kappa shape index (κ1) is 29.0. The first-order valence-corrected chi connectivity index (χ1v) is 15.3. The molecule has 1 saturated heterocycles. The van der Waals surface area contributed by atoms with E-state index < -0.39 is 28.8 Å². The van der Waals surface area contributed by atoms with Gasteiger partial charge in [0.15, 0.2) is 18.1 Å². The number of nitrogens with zero attached hydrogens (tertiary/aromatic N) is 1. The summed E-state index contributed by atoms with van der Waals surface area (Å²) >= 11 is 8.22. The van der Waals surface area contributed by atoms with Crippen LogP contribution in [0.3, 0.4) is 0 Å². The van der Waals surface area contributed by atoms with E-state index in [0.717, 1.165) is 11.3 Å². The van der Waals surface area contributed by atoms with Gasteiger partial charge < -0.3 is 19.8 Å². The van der Waals surface area contributed by atoms with E-state index in [9.17, 15) is 23.6 Å². The van der Waals surface area contributed by atoms with Gasteiger partial charge >= 0.3 is 4.87 Å². The number of imide groups is 1. The molecule has 43 heavy (non-hydrogen) atoms. The molecule has 3 unspecified atom stereocenters. The zero-order valence-corrected chi connectivity index (χ0v) is 24.9. The monoisotopic (exact) mass is 639 g/mol. The second-order valence-corrected chi connectivity index (χ2v) is 12.3. The number of carbonyl (C=O) groups excluding carboxylic acids is 3. The van der Waals surface area contributed by atoms with E-state index in [1.165, 1.54) is 40.9 Å². The molecule has 2 N–H and O–H groups in total. The molecular formula is C30H23ClFN3O6S2. The quantitative estimate of drug-likeness (QED) is 0.247. The van der Waals surface area contributed by atoms with Gasteiger partial charge in [0.2, 0.25) is 11.8 Å². The van der Waals surface area contributed by atoms with Crippen molar-refractivity contribution in [1.82, 2.24) is 4.98 Å². The predicted molar refractivity (Wildman–Crippen MR) is 162 cm³/mol. The van der Waals surface area contributed by atoms with Crippen LogP contribution in [0.15, 0.2) is 76.6 Å². The van der Waals surface area contributed by atoms with Gasteiger partial charge in [-0.1, -0.05) is 40.8 Å². The second-order valence-electron chi connectivity index (χ2n) is 9.72. The van der Waals surface area contributed by atoms with Gasteiger partial charge in [-0.25, -0.2) is 9.29 Å². The smallest absolute Gasteiger partial charge is 0.305 e. The Labute approximate surface area is 258 Å². The summed E-state index contributed by atoms with van der Waals surface area (Å²) in [6.07, 6.45) is 0. The highest BCUT2D eigenvalue weighted by Gasteiger charge is 2.56. The summed E-state index contributed by atoms with van der Waals surface area (Å²) in [7, 11) is 0. The number of nitrogens with one attached hydrogen (secondary N) is 2. The van der Waals surface area contributed by atoms with Gasteiger partial charge in [0.05, 0.1) is 23.2 Å². The Kier molecular flexibility index (Phi) is 7.99. The van der Waals surface area contributed by atoms with E-state index >= 15 is 0 Å². The number of halogens is 2. The third kappa shape index (κ3) is 5.65. The molecule has 3 atom stereocenters. The number of fused-ring (bicyclic) bond motifs is 2. The number of hydrogen-bond donors (Lipinski definition) is 2. The third-order valence-corrected chi connectivity index (χ3v) is 9.68. The number of thiazole rings is 1. The number of amides is 3. The number of carbonyl (C=O) groups is 3. The van der Waals surface area contributed by atoms with Crippen molar-refractivity contribution in [2.24, 2.45) is 5.92 Å². The highest BCUT2D eigenvalue weighted by atomic mass is 35.5. The first-order chi connectivity index (χ1) is 20.7. The molecule has 0 radical (unpaired) electrons. The molecule has 1 fully saturated rings. The largest absolute Gasteiger partial charge is 0.490 e. The molecular weight excluding hydrogens is 617 g/mol. The van der Waals surface area contributed by atoms with Gasteiger partial charge in [-0.3, -0.25) is 19.2 Å². The Morgan fingerprint density at radius 1 is 1.00 bits per heavy atom. The van der Waals surface area contributed by atoms with Crippen molar-refractivity contribution >= 4 is 63.8 Å². The SMILES string of the molecule is CCOc1cc(C2c3sc(=O)[nH]c3SC3C(=O)N(c4ccc(Cl)cc4)C(=O)C32)ccc1OCC(=O)Nc1ccc(F)cc1. The molecule has 4 aromatic rings. The molecule has 0 bridgehead atoms. The summed E-state index contributed by atoms with van der Waals surface area (Å²) < 4.78 is 24.8. The number of aromatic nitrogens is 1.